The van der Waals surface area contributed by atoms with Gasteiger partial charge in [0, 0.05) is 0 Å². The van der Waals surface area contributed by atoms with Crippen LogP contribution in [0.1, 0.15) is 17.2 Å². The first-order valence-corrected chi connectivity index (χ1v) is 8.17. The van der Waals surface area contributed by atoms with E-state index in [1.54, 1.807) is 24.3 Å². The van der Waals surface area contributed by atoms with Crippen LogP contribution in [0.5, 0.6) is 5.75 Å². The van der Waals surface area contributed by atoms with Gasteiger partial charge in [-0.2, -0.15) is 0 Å². The second-order valence-corrected chi connectivity index (χ2v) is 6.09. The number of rotatable bonds is 5. The number of benzene rings is 2. The first-order valence-electron chi connectivity index (χ1n) is 8.17. The lowest BCUT2D eigenvalue weighted by atomic mass is 9.91. The number of ether oxygens (including phenoxy) is 2. The zero-order chi connectivity index (χ0) is 17.8. The number of hydrogen-bond acceptors (Lipinski definition) is 6. The summed E-state index contributed by atoms with van der Waals surface area (Å²) in [5.74, 6) is 0.664. The largest absolute Gasteiger partial charge is 0.489 e. The Balaban J connectivity index is 1.67. The zero-order valence-corrected chi connectivity index (χ0v) is 13.6. The molecule has 0 amide bonds. The molecule has 1 aliphatic rings. The third kappa shape index (κ3) is 4.00. The summed E-state index contributed by atoms with van der Waals surface area (Å²) in [6, 6.07) is 16.7. The average molecular weight is 346 g/mol. The van der Waals surface area contributed by atoms with E-state index in [9.17, 15) is 20.4 Å². The molecule has 2 aromatic carbocycles. The van der Waals surface area contributed by atoms with E-state index >= 15 is 0 Å². The van der Waals surface area contributed by atoms with E-state index < -0.39 is 37.1 Å². The molecule has 5 atom stereocenters. The number of aliphatic hydroxyl groups excluding tert-OH is 4. The van der Waals surface area contributed by atoms with Crippen molar-refractivity contribution in [1.29, 1.82) is 0 Å². The third-order valence-electron chi connectivity index (χ3n) is 4.35. The van der Waals surface area contributed by atoms with Crippen LogP contribution in [0.15, 0.2) is 54.6 Å². The molecule has 0 radical (unpaired) electrons. The van der Waals surface area contributed by atoms with Crippen LogP contribution >= 0.6 is 0 Å². The number of aliphatic hydroxyl groups is 4. The molecule has 1 heterocycles. The molecule has 0 saturated carbocycles. The van der Waals surface area contributed by atoms with Gasteiger partial charge in [-0.1, -0.05) is 42.5 Å². The lowest BCUT2D eigenvalue weighted by Crippen LogP contribution is -2.55. The van der Waals surface area contributed by atoms with Crippen molar-refractivity contribution in [3.63, 3.8) is 0 Å². The van der Waals surface area contributed by atoms with Gasteiger partial charge in [0.1, 0.15) is 42.9 Å². The van der Waals surface area contributed by atoms with Gasteiger partial charge in [0.25, 0.3) is 0 Å². The van der Waals surface area contributed by atoms with Crippen LogP contribution < -0.4 is 4.74 Å². The van der Waals surface area contributed by atoms with Crippen molar-refractivity contribution >= 4 is 0 Å². The Labute approximate surface area is 145 Å². The van der Waals surface area contributed by atoms with Crippen molar-refractivity contribution in [3.05, 3.63) is 65.7 Å². The highest BCUT2D eigenvalue weighted by Gasteiger charge is 2.43. The van der Waals surface area contributed by atoms with Gasteiger partial charge in [0.15, 0.2) is 0 Å². The van der Waals surface area contributed by atoms with Gasteiger partial charge in [0.05, 0.1) is 6.61 Å². The lowest BCUT2D eigenvalue weighted by Gasteiger charge is -2.40. The van der Waals surface area contributed by atoms with E-state index in [-0.39, 0.29) is 0 Å². The van der Waals surface area contributed by atoms with Crippen molar-refractivity contribution in [2.75, 3.05) is 6.61 Å². The van der Waals surface area contributed by atoms with E-state index in [2.05, 4.69) is 0 Å². The SMILES string of the molecule is OC[C@H]1OC(c2ccc(OCc3ccccc3)cc2)[C@@H](O)[C@@H](O)[C@@H]1O. The first-order chi connectivity index (χ1) is 12.1. The summed E-state index contributed by atoms with van der Waals surface area (Å²) in [4.78, 5) is 0. The Bertz CT molecular complexity index is 657. The molecule has 1 aliphatic heterocycles. The maximum absolute atomic E-state index is 10.1. The standard InChI is InChI=1S/C19H22O6/c20-10-15-16(21)17(22)18(23)19(25-15)13-6-8-14(9-7-13)24-11-12-4-2-1-3-5-12/h1-9,15-23H,10-11H2/t15-,16-,17+,18+,19?/m1/s1. The Hall–Kier alpha value is -1.96. The maximum atomic E-state index is 10.1. The highest BCUT2D eigenvalue weighted by Crippen LogP contribution is 2.33. The van der Waals surface area contributed by atoms with Crippen LogP contribution in [0.4, 0.5) is 0 Å². The van der Waals surface area contributed by atoms with Gasteiger partial charge in [-0.05, 0) is 23.3 Å². The fourth-order valence-electron chi connectivity index (χ4n) is 2.87. The molecule has 0 bridgehead atoms. The summed E-state index contributed by atoms with van der Waals surface area (Å²) < 4.78 is 11.2. The van der Waals surface area contributed by atoms with Crippen molar-refractivity contribution in [2.24, 2.45) is 0 Å². The fraction of sp³-hybridized carbons (Fsp3) is 0.368. The predicted molar refractivity (Wildman–Crippen MR) is 89.9 cm³/mol. The van der Waals surface area contributed by atoms with Crippen LogP contribution in [-0.4, -0.2) is 51.4 Å². The molecule has 1 saturated heterocycles. The van der Waals surface area contributed by atoms with Gasteiger partial charge in [0.2, 0.25) is 0 Å². The van der Waals surface area contributed by atoms with Crippen molar-refractivity contribution in [3.8, 4) is 5.75 Å². The van der Waals surface area contributed by atoms with E-state index in [0.717, 1.165) is 5.56 Å². The summed E-state index contributed by atoms with van der Waals surface area (Å²) in [6.45, 7) is -0.0000494. The van der Waals surface area contributed by atoms with Crippen molar-refractivity contribution in [1.82, 2.24) is 0 Å². The normalized spacial score (nSPS) is 29.4. The topological polar surface area (TPSA) is 99.4 Å². The summed E-state index contributed by atoms with van der Waals surface area (Å²) in [7, 11) is 0. The highest BCUT2D eigenvalue weighted by atomic mass is 16.5. The summed E-state index contributed by atoms with van der Waals surface area (Å²) >= 11 is 0. The first kappa shape index (κ1) is 17.8. The monoisotopic (exact) mass is 346 g/mol. The molecule has 1 fully saturated rings. The molecule has 2 aromatic rings. The van der Waals surface area contributed by atoms with Gasteiger partial charge in [-0.15, -0.1) is 0 Å². The smallest absolute Gasteiger partial charge is 0.119 e. The molecule has 4 N–H and O–H groups in total. The second-order valence-electron chi connectivity index (χ2n) is 6.09. The molecular weight excluding hydrogens is 324 g/mol. The van der Waals surface area contributed by atoms with Gasteiger partial charge < -0.3 is 29.9 Å². The lowest BCUT2D eigenvalue weighted by molar-refractivity contribution is -0.231. The fourth-order valence-corrected chi connectivity index (χ4v) is 2.87. The summed E-state index contributed by atoms with van der Waals surface area (Å²) in [5.41, 5.74) is 1.68. The molecule has 0 aromatic heterocycles. The van der Waals surface area contributed by atoms with Crippen molar-refractivity contribution < 1.29 is 29.9 Å². The minimum atomic E-state index is -1.38. The minimum absolute atomic E-state index is 0.445. The van der Waals surface area contributed by atoms with Crippen LogP contribution in [0.25, 0.3) is 0 Å². The summed E-state index contributed by atoms with van der Waals surface area (Å²) in [6.07, 6.45) is -5.78. The molecule has 0 aliphatic carbocycles. The molecule has 134 valence electrons. The molecule has 25 heavy (non-hydrogen) atoms. The zero-order valence-electron chi connectivity index (χ0n) is 13.6. The van der Waals surface area contributed by atoms with Gasteiger partial charge in [-0.25, -0.2) is 0 Å². The van der Waals surface area contributed by atoms with Crippen LogP contribution in [0.2, 0.25) is 0 Å². The number of hydrogen-bond donors (Lipinski definition) is 4. The quantitative estimate of drug-likeness (QED) is 0.639. The van der Waals surface area contributed by atoms with Crippen LogP contribution in [-0.2, 0) is 11.3 Å². The van der Waals surface area contributed by atoms with E-state index in [1.807, 2.05) is 30.3 Å². The van der Waals surface area contributed by atoms with Crippen molar-refractivity contribution in [2.45, 2.75) is 37.1 Å². The Morgan fingerprint density at radius 3 is 2.16 bits per heavy atom. The second kappa shape index (κ2) is 7.95. The molecular formula is C19H22O6. The molecule has 1 unspecified atom stereocenters. The Kier molecular flexibility index (Phi) is 5.67. The molecule has 0 spiro atoms. The molecule has 3 rings (SSSR count). The average Bonchev–Trinajstić information content (AvgIpc) is 2.66. The Morgan fingerprint density at radius 2 is 1.52 bits per heavy atom. The maximum Gasteiger partial charge on any atom is 0.119 e. The third-order valence-corrected chi connectivity index (χ3v) is 4.35. The van der Waals surface area contributed by atoms with E-state index in [1.165, 1.54) is 0 Å². The summed E-state index contributed by atoms with van der Waals surface area (Å²) in [5, 5.41) is 39.1. The van der Waals surface area contributed by atoms with Gasteiger partial charge >= 0.3 is 0 Å². The highest BCUT2D eigenvalue weighted by molar-refractivity contribution is 5.30. The molecule has 6 nitrogen and oxygen atoms in total. The minimum Gasteiger partial charge on any atom is -0.489 e. The Morgan fingerprint density at radius 1 is 0.840 bits per heavy atom. The van der Waals surface area contributed by atoms with E-state index in [0.29, 0.717) is 17.9 Å². The van der Waals surface area contributed by atoms with Gasteiger partial charge in [-0.3, -0.25) is 0 Å². The molecule has 6 heteroatoms. The van der Waals surface area contributed by atoms with Crippen LogP contribution in [0.3, 0.4) is 0 Å². The van der Waals surface area contributed by atoms with E-state index in [4.69, 9.17) is 9.47 Å². The van der Waals surface area contributed by atoms with Crippen LogP contribution in [0, 0.1) is 0 Å². The predicted octanol–water partition coefficient (Wildman–Crippen LogP) is 0.780.